The highest BCUT2D eigenvalue weighted by molar-refractivity contribution is 5.70. The number of methoxy groups -OCH3 is 1. The van der Waals surface area contributed by atoms with E-state index in [2.05, 4.69) is 0 Å². The Balaban J connectivity index is 1.67. The van der Waals surface area contributed by atoms with Gasteiger partial charge in [0.2, 0.25) is 0 Å². The van der Waals surface area contributed by atoms with Gasteiger partial charge >= 0.3 is 5.97 Å². The fourth-order valence-corrected chi connectivity index (χ4v) is 2.81. The summed E-state index contributed by atoms with van der Waals surface area (Å²) >= 11 is 0. The maximum absolute atomic E-state index is 12.4. The summed E-state index contributed by atoms with van der Waals surface area (Å²) in [7, 11) is 1.64. The van der Waals surface area contributed by atoms with Gasteiger partial charge in [-0.05, 0) is 35.2 Å². The Bertz CT molecular complexity index is 772. The van der Waals surface area contributed by atoms with E-state index in [4.69, 9.17) is 9.47 Å². The predicted octanol–water partition coefficient (Wildman–Crippen LogP) is 4.96. The average molecular weight is 346 g/mol. The number of aryl methyl sites for hydroxylation is 1. The van der Waals surface area contributed by atoms with Crippen molar-refractivity contribution in [3.05, 3.63) is 102 Å². The molecule has 0 aliphatic heterocycles. The Morgan fingerprint density at radius 3 is 1.85 bits per heavy atom. The molecule has 0 aromatic heterocycles. The van der Waals surface area contributed by atoms with Crippen molar-refractivity contribution in [2.24, 2.45) is 0 Å². The molecule has 0 fully saturated rings. The molecule has 0 atom stereocenters. The van der Waals surface area contributed by atoms with Crippen LogP contribution in [0.1, 0.15) is 29.2 Å². The molecule has 3 rings (SSSR count). The van der Waals surface area contributed by atoms with Crippen molar-refractivity contribution in [3.8, 4) is 5.75 Å². The second-order valence-corrected chi connectivity index (χ2v) is 6.04. The van der Waals surface area contributed by atoms with E-state index in [1.54, 1.807) is 7.11 Å². The molecule has 3 aromatic rings. The van der Waals surface area contributed by atoms with Crippen LogP contribution in [0.2, 0.25) is 0 Å². The Kier molecular flexibility index (Phi) is 6.05. The summed E-state index contributed by atoms with van der Waals surface area (Å²) < 4.78 is 11.0. The summed E-state index contributed by atoms with van der Waals surface area (Å²) in [6.45, 7) is 0. The third-order valence-corrected chi connectivity index (χ3v) is 4.23. The van der Waals surface area contributed by atoms with E-state index >= 15 is 0 Å². The first-order chi connectivity index (χ1) is 12.8. The fraction of sp³-hybridized carbons (Fsp3) is 0.174. The summed E-state index contributed by atoms with van der Waals surface area (Å²) in [5.41, 5.74) is 3.02. The van der Waals surface area contributed by atoms with Gasteiger partial charge in [0.25, 0.3) is 0 Å². The van der Waals surface area contributed by atoms with Gasteiger partial charge in [-0.2, -0.15) is 0 Å². The van der Waals surface area contributed by atoms with Gasteiger partial charge in [0, 0.05) is 6.42 Å². The lowest BCUT2D eigenvalue weighted by Crippen LogP contribution is -2.13. The van der Waals surface area contributed by atoms with E-state index in [1.807, 2.05) is 84.9 Å². The van der Waals surface area contributed by atoms with Crippen molar-refractivity contribution in [2.45, 2.75) is 18.9 Å². The monoisotopic (exact) mass is 346 g/mol. The van der Waals surface area contributed by atoms with Crippen LogP contribution < -0.4 is 4.74 Å². The molecule has 3 heteroatoms. The lowest BCUT2D eigenvalue weighted by atomic mass is 10.0. The van der Waals surface area contributed by atoms with Crippen LogP contribution in [0, 0.1) is 0 Å². The molecular formula is C23H22O3. The minimum atomic E-state index is -0.388. The van der Waals surface area contributed by atoms with E-state index in [9.17, 15) is 4.79 Å². The summed E-state index contributed by atoms with van der Waals surface area (Å²) in [4.78, 5) is 12.4. The normalized spacial score (nSPS) is 10.5. The molecule has 0 unspecified atom stereocenters. The van der Waals surface area contributed by atoms with E-state index < -0.39 is 0 Å². The fourth-order valence-electron chi connectivity index (χ4n) is 2.81. The second-order valence-electron chi connectivity index (χ2n) is 6.04. The number of esters is 1. The van der Waals surface area contributed by atoms with Crippen LogP contribution in [0.5, 0.6) is 5.75 Å². The van der Waals surface area contributed by atoms with Gasteiger partial charge in [-0.25, -0.2) is 0 Å². The first-order valence-corrected chi connectivity index (χ1v) is 8.68. The van der Waals surface area contributed by atoms with Crippen molar-refractivity contribution in [1.82, 2.24) is 0 Å². The molecule has 0 aliphatic carbocycles. The number of carbonyl (C=O) groups is 1. The molecule has 0 radical (unpaired) electrons. The van der Waals surface area contributed by atoms with Crippen molar-refractivity contribution in [1.29, 1.82) is 0 Å². The molecule has 0 amide bonds. The smallest absolute Gasteiger partial charge is 0.307 e. The second kappa shape index (κ2) is 8.86. The first kappa shape index (κ1) is 17.7. The molecule has 0 heterocycles. The van der Waals surface area contributed by atoms with Crippen LogP contribution in [-0.2, 0) is 16.0 Å². The molecule has 132 valence electrons. The minimum absolute atomic E-state index is 0.210. The molecule has 0 saturated heterocycles. The van der Waals surface area contributed by atoms with Crippen LogP contribution in [0.15, 0.2) is 84.9 Å². The topological polar surface area (TPSA) is 35.5 Å². The highest BCUT2D eigenvalue weighted by Gasteiger charge is 2.18. The minimum Gasteiger partial charge on any atom is -0.497 e. The zero-order valence-corrected chi connectivity index (χ0v) is 14.8. The SMILES string of the molecule is COc1ccc(CCC(=O)OC(c2ccccc2)c2ccccc2)cc1. The molecule has 0 saturated carbocycles. The zero-order chi connectivity index (χ0) is 18.2. The zero-order valence-electron chi connectivity index (χ0n) is 14.8. The molecule has 0 aliphatic rings. The summed E-state index contributed by atoms with van der Waals surface area (Å²) in [6, 6.07) is 27.4. The third-order valence-electron chi connectivity index (χ3n) is 4.23. The highest BCUT2D eigenvalue weighted by atomic mass is 16.5. The number of rotatable bonds is 7. The molecule has 0 spiro atoms. The van der Waals surface area contributed by atoms with Gasteiger partial charge in [0.1, 0.15) is 5.75 Å². The maximum atomic E-state index is 12.4. The Morgan fingerprint density at radius 2 is 1.35 bits per heavy atom. The van der Waals surface area contributed by atoms with Gasteiger partial charge in [-0.3, -0.25) is 4.79 Å². The largest absolute Gasteiger partial charge is 0.497 e. The lowest BCUT2D eigenvalue weighted by molar-refractivity contribution is -0.147. The molecule has 26 heavy (non-hydrogen) atoms. The maximum Gasteiger partial charge on any atom is 0.307 e. The summed E-state index contributed by atoms with van der Waals surface area (Å²) in [6.07, 6.45) is 0.586. The van der Waals surface area contributed by atoms with Gasteiger partial charge in [0.05, 0.1) is 7.11 Å². The van der Waals surface area contributed by atoms with Gasteiger partial charge in [0.15, 0.2) is 6.10 Å². The number of hydrogen-bond donors (Lipinski definition) is 0. The molecule has 0 bridgehead atoms. The van der Waals surface area contributed by atoms with Crippen LogP contribution in [0.3, 0.4) is 0 Å². The van der Waals surface area contributed by atoms with Crippen molar-refractivity contribution in [2.75, 3.05) is 7.11 Å². The molecule has 3 aromatic carbocycles. The Morgan fingerprint density at radius 1 is 0.808 bits per heavy atom. The van der Waals surface area contributed by atoms with E-state index in [0.717, 1.165) is 22.4 Å². The first-order valence-electron chi connectivity index (χ1n) is 8.68. The number of ether oxygens (including phenoxy) is 2. The third kappa shape index (κ3) is 4.73. The Hall–Kier alpha value is -3.07. The van der Waals surface area contributed by atoms with Gasteiger partial charge in [-0.15, -0.1) is 0 Å². The van der Waals surface area contributed by atoms with Gasteiger partial charge < -0.3 is 9.47 Å². The standard InChI is InChI=1S/C23H22O3/c1-25-21-15-12-18(13-16-21)14-17-22(24)26-23(19-8-4-2-5-9-19)20-10-6-3-7-11-20/h2-13,15-16,23H,14,17H2,1H3. The number of carbonyl (C=O) groups excluding carboxylic acids is 1. The van der Waals surface area contributed by atoms with E-state index in [1.165, 1.54) is 0 Å². The van der Waals surface area contributed by atoms with E-state index in [0.29, 0.717) is 12.8 Å². The molecular weight excluding hydrogens is 324 g/mol. The quantitative estimate of drug-likeness (QED) is 0.567. The van der Waals surface area contributed by atoms with Crippen LogP contribution in [0.4, 0.5) is 0 Å². The molecule has 0 N–H and O–H groups in total. The Labute approximate surface area is 154 Å². The number of hydrogen-bond acceptors (Lipinski definition) is 3. The molecule has 3 nitrogen and oxygen atoms in total. The van der Waals surface area contributed by atoms with Gasteiger partial charge in [-0.1, -0.05) is 72.8 Å². The van der Waals surface area contributed by atoms with Crippen LogP contribution in [0.25, 0.3) is 0 Å². The average Bonchev–Trinajstić information content (AvgIpc) is 2.72. The van der Waals surface area contributed by atoms with Crippen LogP contribution >= 0.6 is 0 Å². The highest BCUT2D eigenvalue weighted by Crippen LogP contribution is 2.26. The summed E-state index contributed by atoms with van der Waals surface area (Å²) in [5.74, 6) is 0.600. The lowest BCUT2D eigenvalue weighted by Gasteiger charge is -2.19. The summed E-state index contributed by atoms with van der Waals surface area (Å²) in [5, 5.41) is 0. The van der Waals surface area contributed by atoms with Crippen molar-refractivity contribution in [3.63, 3.8) is 0 Å². The number of benzene rings is 3. The predicted molar refractivity (Wildman–Crippen MR) is 102 cm³/mol. The van der Waals surface area contributed by atoms with Crippen molar-refractivity contribution < 1.29 is 14.3 Å². The van der Waals surface area contributed by atoms with E-state index in [-0.39, 0.29) is 12.1 Å². The van der Waals surface area contributed by atoms with Crippen LogP contribution in [-0.4, -0.2) is 13.1 Å². The van der Waals surface area contributed by atoms with Crippen molar-refractivity contribution >= 4 is 5.97 Å².